The highest BCUT2D eigenvalue weighted by molar-refractivity contribution is 6.26. The van der Waals surface area contributed by atoms with Crippen molar-refractivity contribution in [3.63, 3.8) is 0 Å². The Morgan fingerprint density at radius 1 is 1.19 bits per heavy atom. The molecule has 6 heteroatoms. The fraction of sp³-hybridized carbons (Fsp3) is 0.619. The highest BCUT2D eigenvalue weighted by atomic mass is 19.1. The van der Waals surface area contributed by atoms with Gasteiger partial charge in [-0.2, -0.15) is 0 Å². The van der Waals surface area contributed by atoms with E-state index in [9.17, 15) is 19.1 Å². The SMILES string of the molecule is BC(CCCC)(CCCN1CCC(C(=O)c2ccc(F)cc2)CC1)C(=O)O. The molecule has 1 aliphatic heterocycles. The third-order valence-corrected chi connectivity index (χ3v) is 5.89. The van der Waals surface area contributed by atoms with Gasteiger partial charge in [0.15, 0.2) is 5.78 Å². The van der Waals surface area contributed by atoms with E-state index < -0.39 is 11.3 Å². The minimum absolute atomic E-state index is 0.000510. The van der Waals surface area contributed by atoms with Crippen molar-refractivity contribution in [1.29, 1.82) is 0 Å². The zero-order valence-electron chi connectivity index (χ0n) is 16.5. The summed E-state index contributed by atoms with van der Waals surface area (Å²) in [7, 11) is 1.86. The number of piperidine rings is 1. The molecule has 1 aromatic rings. The van der Waals surface area contributed by atoms with Crippen molar-refractivity contribution >= 4 is 19.6 Å². The van der Waals surface area contributed by atoms with Gasteiger partial charge in [-0.15, -0.1) is 0 Å². The van der Waals surface area contributed by atoms with E-state index in [1.165, 1.54) is 12.1 Å². The Bertz CT molecular complexity index is 629. The Balaban J connectivity index is 1.76. The quantitative estimate of drug-likeness (QED) is 0.502. The second-order valence-corrected chi connectivity index (χ2v) is 8.06. The Kier molecular flexibility index (Phi) is 8.02. The first-order valence-electron chi connectivity index (χ1n) is 10.1. The lowest BCUT2D eigenvalue weighted by Gasteiger charge is -2.32. The smallest absolute Gasteiger partial charge is 0.301 e. The van der Waals surface area contributed by atoms with Gasteiger partial charge >= 0.3 is 5.97 Å². The molecule has 0 spiro atoms. The third kappa shape index (κ3) is 6.17. The molecular formula is C21H31BFNO3. The lowest BCUT2D eigenvalue weighted by molar-refractivity contribution is -0.141. The van der Waals surface area contributed by atoms with Crippen LogP contribution in [0.15, 0.2) is 24.3 Å². The van der Waals surface area contributed by atoms with Gasteiger partial charge in [-0.3, -0.25) is 9.59 Å². The highest BCUT2D eigenvalue weighted by Gasteiger charge is 2.32. The number of carboxylic acids is 1. The fourth-order valence-corrected chi connectivity index (χ4v) is 3.87. The standard InChI is InChI=1S/C21H31BFNO3/c1-2-3-11-21(22,20(26)27)12-4-13-24-14-9-17(10-15-24)19(25)16-5-7-18(23)8-6-16/h5-8,17H,2-4,9-15,22H2,1H3,(H,26,27). The summed E-state index contributed by atoms with van der Waals surface area (Å²) < 4.78 is 13.0. The van der Waals surface area contributed by atoms with E-state index in [4.69, 9.17) is 0 Å². The summed E-state index contributed by atoms with van der Waals surface area (Å²) in [4.78, 5) is 26.5. The maximum Gasteiger partial charge on any atom is 0.301 e. The Morgan fingerprint density at radius 2 is 1.78 bits per heavy atom. The number of unbranched alkanes of at least 4 members (excludes halogenated alkanes) is 1. The largest absolute Gasteiger partial charge is 0.481 e. The van der Waals surface area contributed by atoms with E-state index in [2.05, 4.69) is 11.8 Å². The summed E-state index contributed by atoms with van der Waals surface area (Å²) in [5, 5.41) is 8.91. The van der Waals surface area contributed by atoms with Gasteiger partial charge in [-0.1, -0.05) is 19.8 Å². The molecule has 1 heterocycles. The second kappa shape index (κ2) is 10.0. The van der Waals surface area contributed by atoms with Gasteiger partial charge in [0, 0.05) is 16.8 Å². The molecule has 1 aromatic carbocycles. The Hall–Kier alpha value is -1.69. The van der Waals surface area contributed by atoms with Crippen molar-refractivity contribution in [1.82, 2.24) is 4.90 Å². The Labute approximate surface area is 162 Å². The lowest BCUT2D eigenvalue weighted by atomic mass is 9.63. The van der Waals surface area contributed by atoms with Crippen LogP contribution in [0.4, 0.5) is 4.39 Å². The van der Waals surface area contributed by atoms with Gasteiger partial charge in [-0.25, -0.2) is 4.39 Å². The monoisotopic (exact) mass is 375 g/mol. The molecule has 1 saturated heterocycles. The molecule has 27 heavy (non-hydrogen) atoms. The van der Waals surface area contributed by atoms with Crippen molar-refractivity contribution in [3.05, 3.63) is 35.6 Å². The molecule has 0 aromatic heterocycles. The molecule has 1 N–H and O–H groups in total. The Morgan fingerprint density at radius 3 is 2.33 bits per heavy atom. The first-order valence-corrected chi connectivity index (χ1v) is 10.1. The van der Waals surface area contributed by atoms with E-state index in [-0.39, 0.29) is 17.5 Å². The van der Waals surface area contributed by atoms with Gasteiger partial charge in [0.05, 0.1) is 0 Å². The minimum Gasteiger partial charge on any atom is -0.481 e. The maximum atomic E-state index is 13.0. The van der Waals surface area contributed by atoms with E-state index in [0.29, 0.717) is 12.0 Å². The summed E-state index contributed by atoms with van der Waals surface area (Å²) in [6, 6.07) is 5.79. The van der Waals surface area contributed by atoms with Crippen LogP contribution in [0.3, 0.4) is 0 Å². The number of nitrogens with zero attached hydrogens (tertiary/aromatic N) is 1. The van der Waals surface area contributed by atoms with E-state index >= 15 is 0 Å². The van der Waals surface area contributed by atoms with E-state index in [0.717, 1.165) is 58.2 Å². The number of halogens is 1. The van der Waals surface area contributed by atoms with Crippen molar-refractivity contribution in [3.8, 4) is 0 Å². The molecule has 1 unspecified atom stereocenters. The van der Waals surface area contributed by atoms with Gasteiger partial charge in [0.1, 0.15) is 13.7 Å². The molecule has 0 bridgehead atoms. The molecule has 1 aliphatic rings. The van der Waals surface area contributed by atoms with Crippen molar-refractivity contribution in [2.75, 3.05) is 19.6 Å². The number of carbonyl (C=O) groups is 2. The minimum atomic E-state index is -0.695. The predicted octanol–water partition coefficient (Wildman–Crippen LogP) is 3.57. The third-order valence-electron chi connectivity index (χ3n) is 5.89. The molecule has 4 nitrogen and oxygen atoms in total. The summed E-state index contributed by atoms with van der Waals surface area (Å²) in [5.41, 5.74) is 0.586. The van der Waals surface area contributed by atoms with Gasteiger partial charge < -0.3 is 10.0 Å². The number of benzene rings is 1. The van der Waals surface area contributed by atoms with Gasteiger partial charge in [0.2, 0.25) is 0 Å². The lowest BCUT2D eigenvalue weighted by Crippen LogP contribution is -2.37. The van der Waals surface area contributed by atoms with Crippen LogP contribution in [0.5, 0.6) is 0 Å². The first-order chi connectivity index (χ1) is 12.9. The number of Topliss-reactive ketones (excluding diaryl/α,β-unsaturated/α-hetero) is 1. The van der Waals surface area contributed by atoms with Crippen LogP contribution in [0, 0.1) is 11.7 Å². The number of carboxylic acid groups (broad SMARTS) is 1. The number of ketones is 1. The molecule has 148 valence electrons. The van der Waals surface area contributed by atoms with Crippen LogP contribution in [-0.4, -0.2) is 49.2 Å². The maximum absolute atomic E-state index is 13.0. The van der Waals surface area contributed by atoms with E-state index in [1.807, 2.05) is 7.85 Å². The second-order valence-electron chi connectivity index (χ2n) is 8.06. The summed E-state index contributed by atoms with van der Waals surface area (Å²) in [6.45, 7) is 4.68. The van der Waals surface area contributed by atoms with Crippen molar-refractivity contribution < 1.29 is 19.1 Å². The average Bonchev–Trinajstić information content (AvgIpc) is 2.67. The number of likely N-dealkylation sites (tertiary alicyclic amines) is 1. The van der Waals surface area contributed by atoms with Gasteiger partial charge in [-0.05, 0) is 76.0 Å². The van der Waals surface area contributed by atoms with Crippen molar-refractivity contribution in [2.45, 2.75) is 57.2 Å². The molecule has 0 radical (unpaired) electrons. The number of rotatable bonds is 10. The average molecular weight is 375 g/mol. The fourth-order valence-electron chi connectivity index (χ4n) is 3.87. The van der Waals surface area contributed by atoms with Crippen LogP contribution in [-0.2, 0) is 4.79 Å². The zero-order chi connectivity index (χ0) is 19.9. The van der Waals surface area contributed by atoms with Crippen LogP contribution >= 0.6 is 0 Å². The number of aliphatic carboxylic acids is 1. The molecule has 0 aliphatic carbocycles. The first kappa shape index (κ1) is 21.6. The topological polar surface area (TPSA) is 57.6 Å². The van der Waals surface area contributed by atoms with E-state index in [1.54, 1.807) is 12.1 Å². The van der Waals surface area contributed by atoms with Crippen LogP contribution in [0.2, 0.25) is 5.31 Å². The van der Waals surface area contributed by atoms with Gasteiger partial charge in [0.25, 0.3) is 0 Å². The number of hydrogen-bond donors (Lipinski definition) is 1. The zero-order valence-corrected chi connectivity index (χ0v) is 16.5. The van der Waals surface area contributed by atoms with Crippen molar-refractivity contribution in [2.24, 2.45) is 5.92 Å². The molecule has 0 saturated carbocycles. The normalized spacial score (nSPS) is 18.1. The molecule has 1 fully saturated rings. The van der Waals surface area contributed by atoms with Crippen LogP contribution in [0.25, 0.3) is 0 Å². The highest BCUT2D eigenvalue weighted by Crippen LogP contribution is 2.35. The number of hydrogen-bond acceptors (Lipinski definition) is 3. The molecular weight excluding hydrogens is 344 g/mol. The predicted molar refractivity (Wildman–Crippen MR) is 108 cm³/mol. The molecule has 2 rings (SSSR count). The molecule has 1 atom stereocenters. The van der Waals surface area contributed by atoms with Crippen LogP contribution in [0.1, 0.15) is 62.2 Å². The summed E-state index contributed by atoms with van der Waals surface area (Å²) in [6.07, 6.45) is 5.86. The number of carbonyl (C=O) groups excluding carboxylic acids is 1. The molecule has 0 amide bonds. The summed E-state index contributed by atoms with van der Waals surface area (Å²) in [5.74, 6) is -0.915. The summed E-state index contributed by atoms with van der Waals surface area (Å²) >= 11 is 0. The van der Waals surface area contributed by atoms with Crippen LogP contribution < -0.4 is 0 Å².